The van der Waals surface area contributed by atoms with Crippen LogP contribution in [0, 0.1) is 10.1 Å². The molecule has 5 nitrogen and oxygen atoms in total. The molecule has 0 aliphatic heterocycles. The Bertz CT molecular complexity index is 92.6. The average Bonchev–Trinajstić information content (AvgIpc) is 1.63. The van der Waals surface area contributed by atoms with Crippen LogP contribution in [0.3, 0.4) is 0 Å². The van der Waals surface area contributed by atoms with Crippen LogP contribution in [0.2, 0.25) is 0 Å². The molecule has 0 bridgehead atoms. The molecule has 0 aliphatic rings. The minimum absolute atomic E-state index is 0.0370. The lowest BCUT2D eigenvalue weighted by molar-refractivity contribution is -0.758. The zero-order valence-electron chi connectivity index (χ0n) is 5.11. The summed E-state index contributed by atoms with van der Waals surface area (Å²) >= 11 is 0. The van der Waals surface area contributed by atoms with Crippen molar-refractivity contribution in [1.82, 2.24) is 0 Å². The van der Waals surface area contributed by atoms with E-state index in [-0.39, 0.29) is 6.61 Å². The van der Waals surface area contributed by atoms with Gasteiger partial charge >= 0.3 is 0 Å². The lowest BCUT2D eigenvalue weighted by Gasteiger charge is -2.00. The van der Waals surface area contributed by atoms with Crippen molar-refractivity contribution < 1.29 is 15.0 Å². The molecule has 0 saturated carbocycles. The van der Waals surface area contributed by atoms with Crippen LogP contribution >= 0.6 is 0 Å². The van der Waals surface area contributed by atoms with E-state index in [2.05, 4.69) is 4.84 Å². The van der Waals surface area contributed by atoms with Crippen molar-refractivity contribution in [3.8, 4) is 0 Å². The Balaban J connectivity index is 3.01. The number of rotatable bonds is 4. The minimum Gasteiger partial charge on any atom is -0.393 e. The van der Waals surface area contributed by atoms with Gasteiger partial charge in [0.25, 0.3) is 5.09 Å². The molecule has 54 valence electrons. The zero-order chi connectivity index (χ0) is 7.28. The molecule has 1 atom stereocenters. The first kappa shape index (κ1) is 8.16. The van der Waals surface area contributed by atoms with Crippen LogP contribution < -0.4 is 0 Å². The first-order valence-electron chi connectivity index (χ1n) is 2.58. The summed E-state index contributed by atoms with van der Waals surface area (Å²) in [5, 5.41) is 17.2. The van der Waals surface area contributed by atoms with E-state index in [9.17, 15) is 10.1 Å². The summed E-state index contributed by atoms with van der Waals surface area (Å²) in [6, 6.07) is 0. The molecule has 1 unspecified atom stereocenters. The van der Waals surface area contributed by atoms with E-state index in [1.54, 1.807) is 6.92 Å². The zero-order valence-corrected chi connectivity index (χ0v) is 5.11. The summed E-state index contributed by atoms with van der Waals surface area (Å²) in [7, 11) is 0. The monoisotopic (exact) mass is 135 g/mol. The number of nitrogens with zero attached hydrogens (tertiary/aromatic N) is 1. The molecule has 0 spiro atoms. The molecule has 5 heteroatoms. The molecule has 0 rings (SSSR count). The summed E-state index contributed by atoms with van der Waals surface area (Å²) in [6.45, 7) is 1.51. The van der Waals surface area contributed by atoms with E-state index in [0.717, 1.165) is 0 Å². The fourth-order valence-corrected chi connectivity index (χ4v) is 0.298. The van der Waals surface area contributed by atoms with E-state index in [4.69, 9.17) is 5.11 Å². The van der Waals surface area contributed by atoms with Gasteiger partial charge in [-0.2, -0.15) is 0 Å². The first-order valence-corrected chi connectivity index (χ1v) is 2.58. The van der Waals surface area contributed by atoms with Crippen molar-refractivity contribution in [2.45, 2.75) is 19.4 Å². The van der Waals surface area contributed by atoms with Gasteiger partial charge in [-0.1, -0.05) is 0 Å². The van der Waals surface area contributed by atoms with Crippen LogP contribution in [-0.4, -0.2) is 22.9 Å². The normalized spacial score (nSPS) is 12.7. The molecular formula is C4H9NO4. The van der Waals surface area contributed by atoms with Crippen LogP contribution in [0.1, 0.15) is 13.3 Å². The molecule has 0 radical (unpaired) electrons. The van der Waals surface area contributed by atoms with Gasteiger partial charge in [-0.15, -0.1) is 10.1 Å². The Morgan fingerprint density at radius 1 is 1.89 bits per heavy atom. The molecule has 1 N–H and O–H groups in total. The van der Waals surface area contributed by atoms with E-state index in [1.165, 1.54) is 0 Å². The fraction of sp³-hybridized carbons (Fsp3) is 1.00. The smallest absolute Gasteiger partial charge is 0.294 e. The maximum Gasteiger partial charge on any atom is 0.294 e. The van der Waals surface area contributed by atoms with Crippen LogP contribution in [0.4, 0.5) is 0 Å². The molecule has 0 aliphatic carbocycles. The van der Waals surface area contributed by atoms with Crippen molar-refractivity contribution in [3.63, 3.8) is 0 Å². The Morgan fingerprint density at radius 2 is 2.44 bits per heavy atom. The van der Waals surface area contributed by atoms with Crippen LogP contribution in [0.25, 0.3) is 0 Å². The van der Waals surface area contributed by atoms with Gasteiger partial charge in [-0.25, -0.2) is 0 Å². The first-order chi connectivity index (χ1) is 4.13. The second kappa shape index (κ2) is 4.08. The molecule has 0 fully saturated rings. The maximum absolute atomic E-state index is 9.48. The third-order valence-electron chi connectivity index (χ3n) is 0.732. The lowest BCUT2D eigenvalue weighted by Crippen LogP contribution is -2.08. The third kappa shape index (κ3) is 7.16. The lowest BCUT2D eigenvalue weighted by atomic mass is 10.3. The predicted octanol–water partition coefficient (Wildman–Crippen LogP) is -0.0344. The van der Waals surface area contributed by atoms with E-state index >= 15 is 0 Å². The number of aliphatic hydroxyl groups excluding tert-OH is 1. The maximum atomic E-state index is 9.48. The summed E-state index contributed by atoms with van der Waals surface area (Å²) in [5.74, 6) is 0. The standard InChI is InChI=1S/C4H9NO4/c1-4(6)2-3-9-5(7)8/h4,6H,2-3H2,1H3. The molecular weight excluding hydrogens is 126 g/mol. The third-order valence-corrected chi connectivity index (χ3v) is 0.732. The predicted molar refractivity (Wildman–Crippen MR) is 29.2 cm³/mol. The van der Waals surface area contributed by atoms with Crippen molar-refractivity contribution >= 4 is 0 Å². The van der Waals surface area contributed by atoms with Gasteiger partial charge in [-0.3, -0.25) is 0 Å². The minimum atomic E-state index is -0.873. The molecule has 0 aromatic carbocycles. The highest BCUT2D eigenvalue weighted by Crippen LogP contribution is 1.88. The van der Waals surface area contributed by atoms with Gasteiger partial charge < -0.3 is 9.94 Å². The molecule has 0 aromatic rings. The number of hydrogen-bond donors (Lipinski definition) is 1. The molecule has 0 amide bonds. The average molecular weight is 135 g/mol. The second-order valence-electron chi connectivity index (χ2n) is 1.69. The van der Waals surface area contributed by atoms with E-state index in [1.807, 2.05) is 0 Å². The number of hydrogen-bond acceptors (Lipinski definition) is 4. The topological polar surface area (TPSA) is 72.6 Å². The summed E-state index contributed by atoms with van der Waals surface area (Å²) in [5.41, 5.74) is 0. The Kier molecular flexibility index (Phi) is 3.70. The van der Waals surface area contributed by atoms with Crippen LogP contribution in [-0.2, 0) is 4.84 Å². The highest BCUT2D eigenvalue weighted by Gasteiger charge is 1.97. The Hall–Kier alpha value is -0.840. The molecule has 0 aromatic heterocycles. The summed E-state index contributed by atoms with van der Waals surface area (Å²) < 4.78 is 0. The number of aliphatic hydroxyl groups is 1. The van der Waals surface area contributed by atoms with Crippen molar-refractivity contribution in [3.05, 3.63) is 10.1 Å². The van der Waals surface area contributed by atoms with Crippen molar-refractivity contribution in [1.29, 1.82) is 0 Å². The van der Waals surface area contributed by atoms with E-state index in [0.29, 0.717) is 6.42 Å². The highest BCUT2D eigenvalue weighted by molar-refractivity contribution is 4.41. The van der Waals surface area contributed by atoms with Gasteiger partial charge in [0, 0.05) is 0 Å². The molecule has 9 heavy (non-hydrogen) atoms. The van der Waals surface area contributed by atoms with Gasteiger partial charge in [0.1, 0.15) is 0 Å². The Morgan fingerprint density at radius 3 is 2.78 bits per heavy atom. The molecule has 0 saturated heterocycles. The van der Waals surface area contributed by atoms with Gasteiger partial charge in [-0.05, 0) is 13.3 Å². The van der Waals surface area contributed by atoms with Crippen LogP contribution in [0.5, 0.6) is 0 Å². The molecule has 0 heterocycles. The largest absolute Gasteiger partial charge is 0.393 e. The fourth-order valence-electron chi connectivity index (χ4n) is 0.298. The quantitative estimate of drug-likeness (QED) is 0.433. The van der Waals surface area contributed by atoms with Gasteiger partial charge in [0.2, 0.25) is 0 Å². The highest BCUT2D eigenvalue weighted by atomic mass is 16.9. The van der Waals surface area contributed by atoms with Crippen molar-refractivity contribution in [2.75, 3.05) is 6.61 Å². The van der Waals surface area contributed by atoms with Crippen molar-refractivity contribution in [2.24, 2.45) is 0 Å². The Labute approximate surface area is 52.3 Å². The van der Waals surface area contributed by atoms with Crippen LogP contribution in [0.15, 0.2) is 0 Å². The van der Waals surface area contributed by atoms with E-state index < -0.39 is 11.2 Å². The van der Waals surface area contributed by atoms with Gasteiger partial charge in [0.05, 0.1) is 12.7 Å². The SMILES string of the molecule is CC(O)CCO[N+](=O)[O-]. The summed E-state index contributed by atoms with van der Waals surface area (Å²) in [6.07, 6.45) is -0.244. The second-order valence-corrected chi connectivity index (χ2v) is 1.69. The summed E-state index contributed by atoms with van der Waals surface area (Å²) in [4.78, 5) is 13.4. The van der Waals surface area contributed by atoms with Gasteiger partial charge in [0.15, 0.2) is 0 Å².